The molecule has 2 spiro atoms. The number of phosphoric ester groups is 3. The van der Waals surface area contributed by atoms with Crippen molar-refractivity contribution < 1.29 is 64.0 Å². The van der Waals surface area contributed by atoms with Crippen LogP contribution < -0.4 is 15.8 Å². The Morgan fingerprint density at radius 1 is 0.733 bits per heavy atom. The Morgan fingerprint density at radius 3 is 1.97 bits per heavy atom. The minimum atomic E-state index is -4.89. The lowest BCUT2D eigenvalue weighted by molar-refractivity contribution is -0.380. The molecule has 0 N–H and O–H groups in total. The largest absolute Gasteiger partial charge is 0.540 e. The molecule has 158 valence electrons. The van der Waals surface area contributed by atoms with Crippen molar-refractivity contribution in [2.24, 2.45) is 0 Å². The molecule has 0 saturated carbocycles. The molecule has 9 aliphatic heterocycles. The molecule has 1 aromatic rings. The zero-order valence-corrected chi connectivity index (χ0v) is 16.0. The Balaban J connectivity index is 1.67. The first-order chi connectivity index (χ1) is 13.9. The Labute approximate surface area is 159 Å². The van der Waals surface area contributed by atoms with Crippen LogP contribution in [0.1, 0.15) is 15.2 Å². The normalized spacial score (nSPS) is 49.0. The number of carbonyl (C=O) groups is 2. The lowest BCUT2D eigenvalue weighted by atomic mass is 10.2. The van der Waals surface area contributed by atoms with Crippen LogP contribution in [0.4, 0.5) is 0 Å². The average Bonchev–Trinajstić information content (AvgIpc) is 2.55. The van der Waals surface area contributed by atoms with Crippen molar-refractivity contribution in [1.29, 1.82) is 0 Å². The predicted molar refractivity (Wildman–Crippen MR) is 76.5 cm³/mol. The zero-order chi connectivity index (χ0) is 21.1. The third-order valence-corrected chi connectivity index (χ3v) is 8.53. The third kappa shape index (κ3) is 1.76. The van der Waals surface area contributed by atoms with E-state index in [4.69, 9.17) is 31.7 Å². The highest BCUT2D eigenvalue weighted by molar-refractivity contribution is 7.52. The van der Waals surface area contributed by atoms with Gasteiger partial charge in [0.25, 0.3) is 17.8 Å². The van der Waals surface area contributed by atoms with Crippen LogP contribution >= 0.6 is 23.5 Å². The first kappa shape index (κ1) is 17.8. The molecule has 30 heavy (non-hydrogen) atoms. The number of hydrogen-bond donors (Lipinski definition) is 0. The zero-order valence-electron chi connectivity index (χ0n) is 13.3. The molecule has 9 aliphatic rings. The minimum absolute atomic E-state index is 0.0444. The number of rotatable bonds is 0. The highest BCUT2D eigenvalue weighted by Crippen LogP contribution is 2.81. The first-order valence-electron chi connectivity index (χ1n) is 7.54. The van der Waals surface area contributed by atoms with Crippen LogP contribution in [0.5, 0.6) is 5.88 Å². The number of hydrogen-bond acceptors (Lipinski definition) is 16. The van der Waals surface area contributed by atoms with Gasteiger partial charge in [-0.25, -0.2) is 54.7 Å². The van der Waals surface area contributed by atoms with Gasteiger partial charge < -0.3 is 4.52 Å². The van der Waals surface area contributed by atoms with Crippen molar-refractivity contribution in [3.8, 4) is 5.88 Å². The number of nitrogens with zero attached hydrogens (tertiary/aromatic N) is 2. The SMILES string of the molecule is O=C1C2OP(=O)(O2)OC23OP(=O)(O2)OC24OP(=O)(Oc5c2c(=O)n1c(=O)n5C3=O)O4. The van der Waals surface area contributed by atoms with Crippen molar-refractivity contribution >= 4 is 35.3 Å². The fourth-order valence-electron chi connectivity index (χ4n) is 3.33. The summed E-state index contributed by atoms with van der Waals surface area (Å²) < 4.78 is 80.2. The molecule has 0 radical (unpaired) electrons. The van der Waals surface area contributed by atoms with E-state index >= 15 is 0 Å². The second kappa shape index (κ2) is 4.53. The molecule has 0 aliphatic carbocycles. The van der Waals surface area contributed by atoms with Gasteiger partial charge in [-0.3, -0.25) is 14.4 Å². The molecule has 0 atom stereocenters. The fraction of sp³-hybridized carbons (Fsp3) is 0.333. The van der Waals surface area contributed by atoms with Crippen LogP contribution in [0.3, 0.4) is 0 Å². The summed E-state index contributed by atoms with van der Waals surface area (Å²) in [6.45, 7) is 0. The number of phosphoric acid groups is 3. The van der Waals surface area contributed by atoms with E-state index in [1.54, 1.807) is 0 Å². The van der Waals surface area contributed by atoms with Crippen LogP contribution in [0.25, 0.3) is 0 Å². The van der Waals surface area contributed by atoms with Crippen molar-refractivity contribution in [1.82, 2.24) is 9.13 Å². The Bertz CT molecular complexity index is 1400. The summed E-state index contributed by atoms with van der Waals surface area (Å²) >= 11 is 0. The van der Waals surface area contributed by atoms with Gasteiger partial charge in [0.1, 0.15) is 0 Å². The Kier molecular flexibility index (Phi) is 2.69. The lowest BCUT2D eigenvalue weighted by Gasteiger charge is -2.48. The number of aromatic nitrogens is 2. The standard InChI is InChI=1S/C9HN2O16P3/c12-2-1-4-11-6(14)9(25-28(16)20-5(21-28)3(13)10(2)7(11)15)26-30(18,27-9)24-8(1)22-29(17,19-4)23-8/h5H. The highest BCUT2D eigenvalue weighted by atomic mass is 31.2. The maximum absolute atomic E-state index is 13.1. The van der Waals surface area contributed by atoms with Gasteiger partial charge in [0.05, 0.1) is 0 Å². The second-order valence-corrected chi connectivity index (χ2v) is 10.6. The molecule has 18 nitrogen and oxygen atoms in total. The molecule has 10 bridgehead atoms. The molecular formula is C9HN2O16P3. The molecule has 21 heteroatoms. The second-order valence-electron chi connectivity index (χ2n) is 6.22. The third-order valence-electron chi connectivity index (χ3n) is 4.45. The van der Waals surface area contributed by atoms with Crippen LogP contribution in [0.15, 0.2) is 9.59 Å². The van der Waals surface area contributed by atoms with Gasteiger partial charge in [-0.15, -0.1) is 0 Å². The van der Waals surface area contributed by atoms with E-state index in [-0.39, 0.29) is 9.13 Å². The van der Waals surface area contributed by atoms with Crippen LogP contribution in [-0.4, -0.2) is 33.2 Å². The van der Waals surface area contributed by atoms with Crippen LogP contribution in [0, 0.1) is 0 Å². The average molecular weight is 486 g/mol. The molecule has 10 rings (SSSR count). The van der Waals surface area contributed by atoms with Crippen molar-refractivity contribution in [3.63, 3.8) is 0 Å². The van der Waals surface area contributed by atoms with Gasteiger partial charge in [0, 0.05) is 0 Å². The van der Waals surface area contributed by atoms with E-state index in [1.165, 1.54) is 0 Å². The summed E-state index contributed by atoms with van der Waals surface area (Å²) in [7, 11) is -14.1. The van der Waals surface area contributed by atoms with Gasteiger partial charge in [-0.05, 0) is 0 Å². The topological polar surface area (TPSA) is 212 Å². The maximum Gasteiger partial charge on any atom is 0.540 e. The van der Waals surface area contributed by atoms with Crippen molar-refractivity contribution in [2.75, 3.05) is 0 Å². The quantitative estimate of drug-likeness (QED) is 0.415. The number of carbonyl (C=O) groups excluding carboxylic acids is 2. The van der Waals surface area contributed by atoms with E-state index < -0.39 is 76.2 Å². The maximum atomic E-state index is 13.1. The smallest absolute Gasteiger partial charge is 0.386 e. The fourth-order valence-corrected chi connectivity index (χ4v) is 7.45. The molecule has 3 saturated heterocycles. The van der Waals surface area contributed by atoms with Gasteiger partial charge in [-0.2, -0.15) is 9.13 Å². The van der Waals surface area contributed by atoms with Crippen molar-refractivity contribution in [3.05, 3.63) is 26.4 Å². The summed E-state index contributed by atoms with van der Waals surface area (Å²) in [5.41, 5.74) is -4.26. The predicted octanol–water partition coefficient (Wildman–Crippen LogP) is -0.702. The molecular weight excluding hydrogens is 485 g/mol. The van der Waals surface area contributed by atoms with E-state index in [2.05, 4.69) is 9.05 Å². The van der Waals surface area contributed by atoms with Crippen molar-refractivity contribution in [2.45, 2.75) is 18.2 Å². The first-order valence-corrected chi connectivity index (χ1v) is 11.9. The Morgan fingerprint density at radius 2 is 1.30 bits per heavy atom. The summed E-state index contributed by atoms with van der Waals surface area (Å²) in [6, 6.07) is 0. The summed E-state index contributed by atoms with van der Waals surface area (Å²) in [5, 5.41) is 0. The van der Waals surface area contributed by atoms with E-state index in [0.29, 0.717) is 0 Å². The summed E-state index contributed by atoms with van der Waals surface area (Å²) in [4.78, 5) is 51.4. The molecule has 0 amide bonds. The molecule has 0 unspecified atom stereocenters. The highest BCUT2D eigenvalue weighted by Gasteiger charge is 2.79. The Hall–Kier alpha value is -1.81. The van der Waals surface area contributed by atoms with Gasteiger partial charge in [-0.1, -0.05) is 0 Å². The van der Waals surface area contributed by atoms with Crippen LogP contribution in [0.2, 0.25) is 0 Å². The van der Waals surface area contributed by atoms with E-state index in [0.717, 1.165) is 0 Å². The molecule has 10 heterocycles. The van der Waals surface area contributed by atoms with Gasteiger partial charge in [0.15, 0.2) is 5.56 Å². The lowest BCUT2D eigenvalue weighted by Crippen LogP contribution is -2.61. The monoisotopic (exact) mass is 486 g/mol. The van der Waals surface area contributed by atoms with Crippen LogP contribution in [-0.2, 0) is 55.9 Å². The molecule has 1 aromatic heterocycles. The minimum Gasteiger partial charge on any atom is -0.386 e. The molecule has 0 aromatic carbocycles. The summed E-state index contributed by atoms with van der Waals surface area (Å²) in [6.07, 6.45) is -2.07. The van der Waals surface area contributed by atoms with Gasteiger partial charge >= 0.3 is 47.0 Å². The van der Waals surface area contributed by atoms with E-state index in [1.807, 2.05) is 0 Å². The molecule has 3 fully saturated rings. The summed E-state index contributed by atoms with van der Waals surface area (Å²) in [5.74, 6) is -10.4. The van der Waals surface area contributed by atoms with Gasteiger partial charge in [0.2, 0.25) is 5.88 Å². The van der Waals surface area contributed by atoms with E-state index in [9.17, 15) is 32.9 Å².